The number of hydrogen-bond acceptors (Lipinski definition) is 6. The van der Waals surface area contributed by atoms with Crippen molar-refractivity contribution in [2.24, 2.45) is 50.2 Å². The Labute approximate surface area is 287 Å². The molecule has 6 rings (SSSR count). The third-order valence-corrected chi connectivity index (χ3v) is 15.3. The quantitative estimate of drug-likeness (QED) is 0.179. The fraction of sp³-hybridized carbons (Fsp3) is 0.707. The molecule has 0 heterocycles. The summed E-state index contributed by atoms with van der Waals surface area (Å²) in [6.07, 6.45) is 12.2. The number of hydrogen-bond donors (Lipinski definition) is 2. The van der Waals surface area contributed by atoms with E-state index in [1.54, 1.807) is 32.4 Å². The van der Waals surface area contributed by atoms with Gasteiger partial charge in [-0.25, -0.2) is 4.79 Å². The standard InChI is InChI=1S/C41H58O7/c1-36(2)23-27-26-12-14-31-38(5)18-17-32(42)37(3,4)30(38)16-19-40(31,7)39(26,6)20-21-41(27,35(44)45)24-33(36)48-34(43)15-11-25-10-13-28(46-8)29(22-25)47-9/h10-13,15,22,27,30-33,42H,14,16-21,23-24H2,1-9H3,(H,44,45)/t27?,30-,31+,32+,33+,38+,39-,40-,41-/m1/s1. The summed E-state index contributed by atoms with van der Waals surface area (Å²) in [7, 11) is 3.15. The van der Waals surface area contributed by atoms with Gasteiger partial charge in [-0.3, -0.25) is 4.79 Å². The predicted octanol–water partition coefficient (Wildman–Crippen LogP) is 8.49. The van der Waals surface area contributed by atoms with Crippen LogP contribution in [-0.2, 0) is 14.3 Å². The summed E-state index contributed by atoms with van der Waals surface area (Å²) in [6.45, 7) is 16.3. The van der Waals surface area contributed by atoms with Crippen LogP contribution >= 0.6 is 0 Å². The van der Waals surface area contributed by atoms with E-state index < -0.39 is 28.9 Å². The Morgan fingerprint density at radius 1 is 0.875 bits per heavy atom. The zero-order chi connectivity index (χ0) is 35.1. The second-order valence-corrected chi connectivity index (χ2v) is 18.0. The number of carbonyl (C=O) groups excluding carboxylic acids is 1. The molecule has 0 amide bonds. The first-order valence-electron chi connectivity index (χ1n) is 18.1. The predicted molar refractivity (Wildman–Crippen MR) is 187 cm³/mol. The lowest BCUT2D eigenvalue weighted by Gasteiger charge is -2.71. The van der Waals surface area contributed by atoms with Gasteiger partial charge in [0.25, 0.3) is 0 Å². The van der Waals surface area contributed by atoms with E-state index in [4.69, 9.17) is 14.2 Å². The molecule has 48 heavy (non-hydrogen) atoms. The molecule has 1 aromatic carbocycles. The highest BCUT2D eigenvalue weighted by Crippen LogP contribution is 2.75. The molecule has 4 fully saturated rings. The number of allylic oxidation sites excluding steroid dienone is 2. The number of aliphatic hydroxyl groups excluding tert-OH is 1. The lowest BCUT2D eigenvalue weighted by molar-refractivity contribution is -0.210. The Morgan fingerprint density at radius 2 is 1.58 bits per heavy atom. The molecule has 9 atom stereocenters. The topological polar surface area (TPSA) is 102 Å². The van der Waals surface area contributed by atoms with Crippen molar-refractivity contribution < 1.29 is 34.0 Å². The number of aliphatic carboxylic acids is 1. The largest absolute Gasteiger partial charge is 0.493 e. The van der Waals surface area contributed by atoms with E-state index in [1.165, 1.54) is 11.6 Å². The van der Waals surface area contributed by atoms with Crippen LogP contribution in [0.5, 0.6) is 11.5 Å². The molecule has 264 valence electrons. The van der Waals surface area contributed by atoms with Gasteiger partial charge in [-0.2, -0.15) is 0 Å². The fourth-order valence-electron chi connectivity index (χ4n) is 12.1. The molecule has 0 aliphatic heterocycles. The minimum absolute atomic E-state index is 0.0494. The number of esters is 1. The van der Waals surface area contributed by atoms with Crippen molar-refractivity contribution in [3.63, 3.8) is 0 Å². The van der Waals surface area contributed by atoms with E-state index in [0.717, 1.165) is 44.1 Å². The van der Waals surface area contributed by atoms with Crippen LogP contribution < -0.4 is 9.47 Å². The Hall–Kier alpha value is -2.80. The first-order valence-corrected chi connectivity index (χ1v) is 18.1. The third-order valence-electron chi connectivity index (χ3n) is 15.3. The number of carboxylic acids is 1. The summed E-state index contributed by atoms with van der Waals surface area (Å²) in [5.41, 5.74) is 0.716. The van der Waals surface area contributed by atoms with Crippen LogP contribution in [0, 0.1) is 50.2 Å². The normalized spacial score (nSPS) is 41.1. The molecular formula is C41H58O7. The van der Waals surface area contributed by atoms with Crippen molar-refractivity contribution in [3.05, 3.63) is 41.5 Å². The molecule has 1 aromatic rings. The lowest BCUT2D eigenvalue weighted by Crippen LogP contribution is -2.65. The van der Waals surface area contributed by atoms with Gasteiger partial charge in [-0.05, 0) is 115 Å². The van der Waals surface area contributed by atoms with Crippen LogP contribution in [0.1, 0.15) is 112 Å². The van der Waals surface area contributed by atoms with Crippen molar-refractivity contribution in [1.29, 1.82) is 0 Å². The number of ether oxygens (including phenoxy) is 3. The number of carbonyl (C=O) groups is 2. The maximum absolute atomic E-state index is 13.4. The molecule has 0 spiro atoms. The molecule has 2 N–H and O–H groups in total. The molecule has 5 aliphatic rings. The van der Waals surface area contributed by atoms with Gasteiger partial charge in [0.2, 0.25) is 0 Å². The number of benzene rings is 1. The van der Waals surface area contributed by atoms with E-state index in [-0.39, 0.29) is 33.7 Å². The zero-order valence-electron chi connectivity index (χ0n) is 30.7. The molecule has 0 radical (unpaired) electrons. The van der Waals surface area contributed by atoms with Crippen LogP contribution in [-0.4, -0.2) is 48.6 Å². The molecule has 7 nitrogen and oxygen atoms in total. The molecule has 4 saturated carbocycles. The molecule has 0 aromatic heterocycles. The summed E-state index contributed by atoms with van der Waals surface area (Å²) >= 11 is 0. The smallest absolute Gasteiger partial charge is 0.331 e. The average molecular weight is 663 g/mol. The molecule has 0 bridgehead atoms. The highest BCUT2D eigenvalue weighted by atomic mass is 16.5. The van der Waals surface area contributed by atoms with E-state index in [0.29, 0.717) is 42.6 Å². The first-order chi connectivity index (χ1) is 22.4. The summed E-state index contributed by atoms with van der Waals surface area (Å²) < 4.78 is 16.8. The van der Waals surface area contributed by atoms with Gasteiger partial charge in [-0.1, -0.05) is 66.2 Å². The summed E-state index contributed by atoms with van der Waals surface area (Å²) in [5, 5.41) is 22.0. The van der Waals surface area contributed by atoms with Gasteiger partial charge in [0.1, 0.15) is 6.10 Å². The average Bonchev–Trinajstić information content (AvgIpc) is 3.02. The molecule has 0 saturated heterocycles. The molecule has 5 aliphatic carbocycles. The second kappa shape index (κ2) is 11.6. The minimum Gasteiger partial charge on any atom is -0.493 e. The minimum atomic E-state index is -0.972. The monoisotopic (exact) mass is 662 g/mol. The maximum atomic E-state index is 13.4. The van der Waals surface area contributed by atoms with Crippen molar-refractivity contribution in [2.75, 3.05) is 14.2 Å². The maximum Gasteiger partial charge on any atom is 0.331 e. The Balaban J connectivity index is 1.27. The highest BCUT2D eigenvalue weighted by molar-refractivity contribution is 5.87. The van der Waals surface area contributed by atoms with Crippen LogP contribution in [0.3, 0.4) is 0 Å². The van der Waals surface area contributed by atoms with Crippen molar-refractivity contribution >= 4 is 18.0 Å². The van der Waals surface area contributed by atoms with E-state index in [9.17, 15) is 19.8 Å². The zero-order valence-corrected chi connectivity index (χ0v) is 30.7. The van der Waals surface area contributed by atoms with E-state index in [2.05, 4.69) is 54.5 Å². The van der Waals surface area contributed by atoms with Gasteiger partial charge in [0.05, 0.1) is 25.7 Å². The number of fused-ring (bicyclic) bond motifs is 7. The highest BCUT2D eigenvalue weighted by Gasteiger charge is 2.70. The molecule has 7 heteroatoms. The lowest BCUT2D eigenvalue weighted by atomic mass is 9.33. The first kappa shape index (κ1) is 35.0. The number of methoxy groups -OCH3 is 2. The van der Waals surface area contributed by atoms with Crippen LogP contribution in [0.4, 0.5) is 0 Å². The van der Waals surface area contributed by atoms with E-state index in [1.807, 2.05) is 6.07 Å². The summed E-state index contributed by atoms with van der Waals surface area (Å²) in [4.78, 5) is 26.7. The van der Waals surface area contributed by atoms with E-state index >= 15 is 0 Å². The summed E-state index contributed by atoms with van der Waals surface area (Å²) in [5.74, 6) is 0.797. The third kappa shape index (κ3) is 4.99. The number of aliphatic hydroxyl groups is 1. The Morgan fingerprint density at radius 3 is 2.25 bits per heavy atom. The molecule has 1 unspecified atom stereocenters. The van der Waals surface area contributed by atoms with Crippen molar-refractivity contribution in [2.45, 2.75) is 118 Å². The van der Waals surface area contributed by atoms with Gasteiger partial charge in [0, 0.05) is 17.9 Å². The van der Waals surface area contributed by atoms with Gasteiger partial charge >= 0.3 is 11.9 Å². The van der Waals surface area contributed by atoms with Gasteiger partial charge < -0.3 is 24.4 Å². The SMILES string of the molecule is COc1ccc(C=CC(=O)O[C@H]2C[C@]3(C(=O)O)CC[C@]4(C)C(=CC[C@H]5[C@@]6(C)CC[C@H](O)C(C)(C)[C@H]6CC[C@]54C)C3CC2(C)C)cc1OC. The van der Waals surface area contributed by atoms with Gasteiger partial charge in [0.15, 0.2) is 11.5 Å². The molecular weight excluding hydrogens is 604 g/mol. The number of carboxylic acid groups (broad SMARTS) is 1. The Kier molecular flexibility index (Phi) is 8.49. The van der Waals surface area contributed by atoms with Crippen LogP contribution in [0.2, 0.25) is 0 Å². The van der Waals surface area contributed by atoms with Crippen LogP contribution in [0.15, 0.2) is 35.9 Å². The summed E-state index contributed by atoms with van der Waals surface area (Å²) in [6, 6.07) is 5.42. The van der Waals surface area contributed by atoms with Crippen LogP contribution in [0.25, 0.3) is 6.08 Å². The fourth-order valence-corrected chi connectivity index (χ4v) is 12.1. The Bertz CT molecular complexity index is 1520. The van der Waals surface area contributed by atoms with Gasteiger partial charge in [-0.15, -0.1) is 0 Å². The van der Waals surface area contributed by atoms with Crippen molar-refractivity contribution in [1.82, 2.24) is 0 Å². The number of rotatable bonds is 6. The second-order valence-electron chi connectivity index (χ2n) is 18.0. The van der Waals surface area contributed by atoms with Crippen molar-refractivity contribution in [3.8, 4) is 11.5 Å².